The van der Waals surface area contributed by atoms with Gasteiger partial charge in [0.15, 0.2) is 0 Å². The Bertz CT molecular complexity index is 497. The second kappa shape index (κ2) is 6.20. The molecule has 0 bridgehead atoms. The number of nitrogens with zero attached hydrogens (tertiary/aromatic N) is 2. The molecule has 1 aliphatic carbocycles. The number of amides is 1. The highest BCUT2D eigenvalue weighted by Gasteiger charge is 2.50. The fraction of sp³-hybridized carbons (Fsp3) is 0.600. The van der Waals surface area contributed by atoms with Gasteiger partial charge in [-0.25, -0.2) is 4.98 Å². The third kappa shape index (κ3) is 3.66. The third-order valence-electron chi connectivity index (χ3n) is 4.31. The van der Waals surface area contributed by atoms with Gasteiger partial charge in [0.2, 0.25) is 5.91 Å². The van der Waals surface area contributed by atoms with Gasteiger partial charge >= 0.3 is 0 Å². The van der Waals surface area contributed by atoms with E-state index in [1.54, 1.807) is 0 Å². The first kappa shape index (κ1) is 16.0. The second-order valence-electron chi connectivity index (χ2n) is 6.37. The number of halogens is 1. The van der Waals surface area contributed by atoms with E-state index < -0.39 is 0 Å². The lowest BCUT2D eigenvalue weighted by Crippen LogP contribution is -2.43. The average Bonchev–Trinajstić information content (AvgIpc) is 3.10. The van der Waals surface area contributed by atoms with Crippen molar-refractivity contribution in [2.75, 3.05) is 36.4 Å². The SMILES string of the molecule is CC1(C)CC1C(=O)Nc1ccc(N2CCNCC2)cn1.Cl. The molecule has 116 valence electrons. The Morgan fingerprint density at radius 1 is 1.38 bits per heavy atom. The number of hydrogen-bond donors (Lipinski definition) is 2. The highest BCUT2D eigenvalue weighted by atomic mass is 35.5. The number of carbonyl (C=O) groups excluding carboxylic acids is 1. The van der Waals surface area contributed by atoms with Gasteiger partial charge < -0.3 is 15.5 Å². The number of hydrogen-bond acceptors (Lipinski definition) is 4. The highest BCUT2D eigenvalue weighted by molar-refractivity contribution is 5.94. The van der Waals surface area contributed by atoms with Crippen LogP contribution >= 0.6 is 12.4 Å². The molecule has 1 aromatic heterocycles. The van der Waals surface area contributed by atoms with Gasteiger partial charge in [0.05, 0.1) is 11.9 Å². The fourth-order valence-corrected chi connectivity index (χ4v) is 2.70. The zero-order valence-electron chi connectivity index (χ0n) is 12.6. The Labute approximate surface area is 131 Å². The lowest BCUT2D eigenvalue weighted by atomic mass is 10.1. The summed E-state index contributed by atoms with van der Waals surface area (Å²) in [6.07, 6.45) is 2.82. The van der Waals surface area contributed by atoms with Crippen LogP contribution in [0.1, 0.15) is 20.3 Å². The first-order chi connectivity index (χ1) is 9.56. The Morgan fingerprint density at radius 2 is 2.05 bits per heavy atom. The molecule has 2 aliphatic rings. The van der Waals surface area contributed by atoms with Crippen LogP contribution in [0, 0.1) is 11.3 Å². The van der Waals surface area contributed by atoms with E-state index in [4.69, 9.17) is 0 Å². The predicted molar refractivity (Wildman–Crippen MR) is 87.1 cm³/mol. The molecule has 1 atom stereocenters. The van der Waals surface area contributed by atoms with Crippen LogP contribution in [0.4, 0.5) is 11.5 Å². The standard InChI is InChI=1S/C15H22N4O.ClH/c1-15(2)9-12(15)14(20)18-13-4-3-11(10-17-13)19-7-5-16-6-8-19;/h3-4,10,12,16H,5-9H2,1-2H3,(H,17,18,20);1H. The normalized spacial score (nSPS) is 23.1. The van der Waals surface area contributed by atoms with Gasteiger partial charge in [-0.3, -0.25) is 4.79 Å². The van der Waals surface area contributed by atoms with Crippen LogP contribution in [-0.4, -0.2) is 37.1 Å². The molecule has 1 unspecified atom stereocenters. The van der Waals surface area contributed by atoms with Gasteiger partial charge in [-0.2, -0.15) is 0 Å². The van der Waals surface area contributed by atoms with Gasteiger partial charge in [-0.05, 0) is 24.0 Å². The number of piperazine rings is 1. The van der Waals surface area contributed by atoms with Crippen molar-refractivity contribution in [1.82, 2.24) is 10.3 Å². The quantitative estimate of drug-likeness (QED) is 0.895. The lowest BCUT2D eigenvalue weighted by Gasteiger charge is -2.29. The molecule has 0 radical (unpaired) electrons. The van der Waals surface area contributed by atoms with Gasteiger partial charge in [-0.1, -0.05) is 13.8 Å². The number of nitrogens with one attached hydrogen (secondary N) is 2. The van der Waals surface area contributed by atoms with Crippen molar-refractivity contribution in [1.29, 1.82) is 0 Å². The third-order valence-corrected chi connectivity index (χ3v) is 4.31. The van der Waals surface area contributed by atoms with Crippen molar-refractivity contribution in [3.63, 3.8) is 0 Å². The van der Waals surface area contributed by atoms with E-state index in [9.17, 15) is 4.79 Å². The largest absolute Gasteiger partial charge is 0.368 e. The van der Waals surface area contributed by atoms with Gasteiger partial charge in [0.1, 0.15) is 5.82 Å². The summed E-state index contributed by atoms with van der Waals surface area (Å²) >= 11 is 0. The molecular formula is C15H23ClN4O. The molecule has 1 amide bonds. The molecule has 21 heavy (non-hydrogen) atoms. The molecule has 1 aromatic rings. The van der Waals surface area contributed by atoms with Crippen LogP contribution < -0.4 is 15.5 Å². The van der Waals surface area contributed by atoms with Crippen LogP contribution in [0.2, 0.25) is 0 Å². The highest BCUT2D eigenvalue weighted by Crippen LogP contribution is 2.51. The van der Waals surface area contributed by atoms with Crippen molar-refractivity contribution in [3.8, 4) is 0 Å². The number of rotatable bonds is 3. The molecule has 0 spiro atoms. The number of anilines is 2. The maximum Gasteiger partial charge on any atom is 0.229 e. The summed E-state index contributed by atoms with van der Waals surface area (Å²) in [6.45, 7) is 8.27. The maximum absolute atomic E-state index is 12.0. The Morgan fingerprint density at radius 3 is 2.57 bits per heavy atom. The van der Waals surface area contributed by atoms with Gasteiger partial charge in [0, 0.05) is 32.1 Å². The van der Waals surface area contributed by atoms with E-state index >= 15 is 0 Å². The molecule has 3 rings (SSSR count). The molecule has 1 saturated heterocycles. The van der Waals surface area contributed by atoms with Crippen LogP contribution in [0.25, 0.3) is 0 Å². The summed E-state index contributed by atoms with van der Waals surface area (Å²) in [5, 5.41) is 6.24. The second-order valence-corrected chi connectivity index (χ2v) is 6.37. The van der Waals surface area contributed by atoms with Crippen molar-refractivity contribution in [3.05, 3.63) is 18.3 Å². The van der Waals surface area contributed by atoms with Crippen molar-refractivity contribution in [2.24, 2.45) is 11.3 Å². The van der Waals surface area contributed by atoms with Crippen molar-refractivity contribution < 1.29 is 4.79 Å². The number of aromatic nitrogens is 1. The predicted octanol–water partition coefficient (Wildman–Crippen LogP) is 1.90. The molecular weight excluding hydrogens is 288 g/mol. The first-order valence-electron chi connectivity index (χ1n) is 7.29. The molecule has 6 heteroatoms. The van der Waals surface area contributed by atoms with E-state index in [1.807, 2.05) is 18.3 Å². The number of carbonyl (C=O) groups is 1. The summed E-state index contributed by atoms with van der Waals surface area (Å²) in [5.74, 6) is 0.881. The average molecular weight is 311 g/mol. The van der Waals surface area contributed by atoms with E-state index in [2.05, 4.69) is 34.4 Å². The van der Waals surface area contributed by atoms with E-state index in [0.29, 0.717) is 5.82 Å². The molecule has 1 saturated carbocycles. The minimum atomic E-state index is 0. The topological polar surface area (TPSA) is 57.3 Å². The monoisotopic (exact) mass is 310 g/mol. The molecule has 2 heterocycles. The zero-order chi connectivity index (χ0) is 14.2. The first-order valence-corrected chi connectivity index (χ1v) is 7.29. The molecule has 2 N–H and O–H groups in total. The Kier molecular flexibility index (Phi) is 4.74. The van der Waals surface area contributed by atoms with Crippen molar-refractivity contribution >= 4 is 29.8 Å². The summed E-state index contributed by atoms with van der Waals surface area (Å²) in [7, 11) is 0. The Balaban J connectivity index is 0.00000161. The smallest absolute Gasteiger partial charge is 0.229 e. The summed E-state index contributed by atoms with van der Waals surface area (Å²) in [5.41, 5.74) is 1.28. The minimum Gasteiger partial charge on any atom is -0.368 e. The Hall–Kier alpha value is -1.33. The maximum atomic E-state index is 12.0. The summed E-state index contributed by atoms with van der Waals surface area (Å²) < 4.78 is 0. The van der Waals surface area contributed by atoms with Crippen LogP contribution in [0.15, 0.2) is 18.3 Å². The summed E-state index contributed by atoms with van der Waals surface area (Å²) in [6, 6.07) is 3.93. The summed E-state index contributed by atoms with van der Waals surface area (Å²) in [4.78, 5) is 18.7. The molecule has 5 nitrogen and oxygen atoms in total. The molecule has 2 fully saturated rings. The molecule has 1 aliphatic heterocycles. The van der Waals surface area contributed by atoms with Crippen LogP contribution in [-0.2, 0) is 4.79 Å². The fourth-order valence-electron chi connectivity index (χ4n) is 2.70. The number of pyridine rings is 1. The van der Waals surface area contributed by atoms with E-state index in [0.717, 1.165) is 38.3 Å². The molecule has 0 aromatic carbocycles. The van der Waals surface area contributed by atoms with Crippen LogP contribution in [0.3, 0.4) is 0 Å². The van der Waals surface area contributed by atoms with E-state index in [-0.39, 0.29) is 29.6 Å². The van der Waals surface area contributed by atoms with Crippen LogP contribution in [0.5, 0.6) is 0 Å². The lowest BCUT2D eigenvalue weighted by molar-refractivity contribution is -0.118. The van der Waals surface area contributed by atoms with Gasteiger partial charge in [-0.15, -0.1) is 12.4 Å². The van der Waals surface area contributed by atoms with Crippen molar-refractivity contribution in [2.45, 2.75) is 20.3 Å². The zero-order valence-corrected chi connectivity index (χ0v) is 13.4. The minimum absolute atomic E-state index is 0. The van der Waals surface area contributed by atoms with E-state index in [1.165, 1.54) is 0 Å². The van der Waals surface area contributed by atoms with Gasteiger partial charge in [0.25, 0.3) is 0 Å².